The standard InChI is InChI=1S/C12H15F2NO/c1-7-5-9(14)10(6-8(7)13)15-11(16)12(2,3)4/h5-6H,1-4H3,(H,15,16). The molecule has 0 aliphatic rings. The highest BCUT2D eigenvalue weighted by Crippen LogP contribution is 2.22. The van der Waals surface area contributed by atoms with Crippen LogP contribution in [-0.4, -0.2) is 5.91 Å². The molecule has 1 amide bonds. The molecule has 0 saturated carbocycles. The van der Waals surface area contributed by atoms with Crippen LogP contribution in [0.1, 0.15) is 26.3 Å². The van der Waals surface area contributed by atoms with Crippen LogP contribution in [0, 0.1) is 24.0 Å². The molecule has 2 nitrogen and oxygen atoms in total. The van der Waals surface area contributed by atoms with E-state index in [9.17, 15) is 13.6 Å². The van der Waals surface area contributed by atoms with Crippen molar-refractivity contribution in [2.75, 3.05) is 5.32 Å². The van der Waals surface area contributed by atoms with Crippen molar-refractivity contribution in [2.24, 2.45) is 5.41 Å². The molecule has 0 aliphatic heterocycles. The summed E-state index contributed by atoms with van der Waals surface area (Å²) in [6, 6.07) is 2.06. The number of carbonyl (C=O) groups is 1. The molecule has 0 unspecified atom stereocenters. The van der Waals surface area contributed by atoms with Gasteiger partial charge in [0.1, 0.15) is 11.6 Å². The average Bonchev–Trinajstić information content (AvgIpc) is 2.12. The quantitative estimate of drug-likeness (QED) is 0.783. The Hall–Kier alpha value is -1.45. The van der Waals surface area contributed by atoms with Crippen molar-refractivity contribution in [1.29, 1.82) is 0 Å². The molecule has 0 atom stereocenters. The van der Waals surface area contributed by atoms with Crippen LogP contribution in [-0.2, 0) is 4.79 Å². The first-order valence-electron chi connectivity index (χ1n) is 4.99. The summed E-state index contributed by atoms with van der Waals surface area (Å²) in [4.78, 5) is 11.6. The first-order chi connectivity index (χ1) is 7.21. The smallest absolute Gasteiger partial charge is 0.229 e. The monoisotopic (exact) mass is 227 g/mol. The van der Waals surface area contributed by atoms with E-state index in [-0.39, 0.29) is 17.2 Å². The van der Waals surface area contributed by atoms with Gasteiger partial charge in [-0.05, 0) is 18.6 Å². The van der Waals surface area contributed by atoms with E-state index < -0.39 is 17.0 Å². The Labute approximate surface area is 93.7 Å². The summed E-state index contributed by atoms with van der Waals surface area (Å²) in [7, 11) is 0. The molecule has 0 radical (unpaired) electrons. The van der Waals surface area contributed by atoms with Gasteiger partial charge < -0.3 is 5.32 Å². The fourth-order valence-electron chi connectivity index (χ4n) is 1.05. The molecule has 0 aliphatic carbocycles. The van der Waals surface area contributed by atoms with Crippen LogP contribution in [0.2, 0.25) is 0 Å². The second-order valence-electron chi connectivity index (χ2n) is 4.79. The number of nitrogens with one attached hydrogen (secondary N) is 1. The van der Waals surface area contributed by atoms with E-state index in [0.29, 0.717) is 0 Å². The maximum Gasteiger partial charge on any atom is 0.229 e. The molecule has 0 saturated heterocycles. The number of carbonyl (C=O) groups excluding carboxylic acids is 1. The normalized spacial score (nSPS) is 11.4. The maximum absolute atomic E-state index is 13.4. The Morgan fingerprint density at radius 1 is 1.19 bits per heavy atom. The first kappa shape index (κ1) is 12.6. The highest BCUT2D eigenvalue weighted by Gasteiger charge is 2.22. The zero-order valence-corrected chi connectivity index (χ0v) is 9.82. The molecule has 0 aromatic heterocycles. The number of hydrogen-bond acceptors (Lipinski definition) is 1. The third-order valence-electron chi connectivity index (χ3n) is 2.18. The fourth-order valence-corrected chi connectivity index (χ4v) is 1.05. The minimum absolute atomic E-state index is 0.122. The Balaban J connectivity index is 2.99. The van der Waals surface area contributed by atoms with E-state index in [4.69, 9.17) is 0 Å². The summed E-state index contributed by atoms with van der Waals surface area (Å²) in [6.45, 7) is 6.56. The van der Waals surface area contributed by atoms with E-state index in [1.165, 1.54) is 6.92 Å². The summed E-state index contributed by atoms with van der Waals surface area (Å²) in [6.07, 6.45) is 0. The van der Waals surface area contributed by atoms with Crippen LogP contribution in [0.5, 0.6) is 0 Å². The summed E-state index contributed by atoms with van der Waals surface area (Å²) in [5, 5.41) is 2.36. The van der Waals surface area contributed by atoms with Crippen molar-refractivity contribution in [3.05, 3.63) is 29.3 Å². The topological polar surface area (TPSA) is 29.1 Å². The van der Waals surface area contributed by atoms with Gasteiger partial charge in [-0.25, -0.2) is 8.78 Å². The predicted octanol–water partition coefficient (Wildman–Crippen LogP) is 3.26. The molecule has 1 rings (SSSR count). The Kier molecular flexibility index (Phi) is 3.31. The molecule has 1 aromatic carbocycles. The largest absolute Gasteiger partial charge is 0.323 e. The highest BCUT2D eigenvalue weighted by atomic mass is 19.1. The SMILES string of the molecule is Cc1cc(F)c(NC(=O)C(C)(C)C)cc1F. The van der Waals surface area contributed by atoms with Gasteiger partial charge in [-0.3, -0.25) is 4.79 Å². The molecule has 88 valence electrons. The number of hydrogen-bond donors (Lipinski definition) is 1. The molecule has 4 heteroatoms. The lowest BCUT2D eigenvalue weighted by atomic mass is 9.95. The number of halogens is 2. The zero-order valence-electron chi connectivity index (χ0n) is 9.82. The van der Waals surface area contributed by atoms with Gasteiger partial charge in [-0.1, -0.05) is 20.8 Å². The van der Waals surface area contributed by atoms with Crippen LogP contribution in [0.4, 0.5) is 14.5 Å². The number of rotatable bonds is 1. The van der Waals surface area contributed by atoms with Gasteiger partial charge in [0, 0.05) is 11.5 Å². The lowest BCUT2D eigenvalue weighted by Crippen LogP contribution is -2.28. The second kappa shape index (κ2) is 4.20. The third-order valence-corrected chi connectivity index (χ3v) is 2.18. The van der Waals surface area contributed by atoms with Crippen molar-refractivity contribution in [1.82, 2.24) is 0 Å². The van der Waals surface area contributed by atoms with E-state index in [1.807, 2.05) is 0 Å². The van der Waals surface area contributed by atoms with Crippen molar-refractivity contribution in [2.45, 2.75) is 27.7 Å². The third kappa shape index (κ3) is 2.78. The van der Waals surface area contributed by atoms with Crippen molar-refractivity contribution in [3.63, 3.8) is 0 Å². The average molecular weight is 227 g/mol. The molecule has 16 heavy (non-hydrogen) atoms. The molecule has 0 fully saturated rings. The lowest BCUT2D eigenvalue weighted by molar-refractivity contribution is -0.123. The molecular formula is C12H15F2NO. The summed E-state index contributed by atoms with van der Waals surface area (Å²) < 4.78 is 26.6. The molecule has 1 N–H and O–H groups in total. The zero-order chi connectivity index (χ0) is 12.5. The Morgan fingerprint density at radius 2 is 1.75 bits per heavy atom. The van der Waals surface area contributed by atoms with Crippen molar-refractivity contribution in [3.8, 4) is 0 Å². The summed E-state index contributed by atoms with van der Waals surface area (Å²) in [5.41, 5.74) is -0.553. The van der Waals surface area contributed by atoms with Crippen LogP contribution >= 0.6 is 0 Å². The van der Waals surface area contributed by atoms with Gasteiger partial charge in [0.25, 0.3) is 0 Å². The number of benzene rings is 1. The van der Waals surface area contributed by atoms with Gasteiger partial charge in [0.05, 0.1) is 5.69 Å². The van der Waals surface area contributed by atoms with Crippen molar-refractivity contribution < 1.29 is 13.6 Å². The molecular weight excluding hydrogens is 212 g/mol. The van der Waals surface area contributed by atoms with Crippen LogP contribution in [0.15, 0.2) is 12.1 Å². The molecule has 1 aromatic rings. The maximum atomic E-state index is 13.4. The fraction of sp³-hybridized carbons (Fsp3) is 0.417. The van der Waals surface area contributed by atoms with Gasteiger partial charge in [-0.15, -0.1) is 0 Å². The van der Waals surface area contributed by atoms with Crippen LogP contribution in [0.25, 0.3) is 0 Å². The van der Waals surface area contributed by atoms with Crippen LogP contribution < -0.4 is 5.32 Å². The molecule has 0 heterocycles. The Bertz CT molecular complexity index is 422. The van der Waals surface area contributed by atoms with E-state index in [2.05, 4.69) is 5.32 Å². The summed E-state index contributed by atoms with van der Waals surface area (Å²) in [5.74, 6) is -1.52. The number of anilines is 1. The highest BCUT2D eigenvalue weighted by molar-refractivity contribution is 5.94. The molecule has 0 spiro atoms. The van der Waals surface area contributed by atoms with E-state index >= 15 is 0 Å². The first-order valence-corrected chi connectivity index (χ1v) is 4.99. The van der Waals surface area contributed by atoms with Crippen molar-refractivity contribution >= 4 is 11.6 Å². The lowest BCUT2D eigenvalue weighted by Gasteiger charge is -2.18. The van der Waals surface area contributed by atoms with Gasteiger partial charge in [0.2, 0.25) is 5.91 Å². The Morgan fingerprint density at radius 3 is 2.25 bits per heavy atom. The predicted molar refractivity (Wildman–Crippen MR) is 59.2 cm³/mol. The minimum atomic E-state index is -0.645. The minimum Gasteiger partial charge on any atom is -0.323 e. The number of aryl methyl sites for hydroxylation is 1. The summed E-state index contributed by atoms with van der Waals surface area (Å²) >= 11 is 0. The van der Waals surface area contributed by atoms with E-state index in [1.54, 1.807) is 20.8 Å². The van der Waals surface area contributed by atoms with Gasteiger partial charge >= 0.3 is 0 Å². The van der Waals surface area contributed by atoms with Gasteiger partial charge in [-0.2, -0.15) is 0 Å². The molecule has 0 bridgehead atoms. The van der Waals surface area contributed by atoms with Crippen LogP contribution in [0.3, 0.4) is 0 Å². The number of amides is 1. The van der Waals surface area contributed by atoms with E-state index in [0.717, 1.165) is 12.1 Å². The second-order valence-corrected chi connectivity index (χ2v) is 4.79. The van der Waals surface area contributed by atoms with Gasteiger partial charge in [0.15, 0.2) is 0 Å².